The molecule has 1 aliphatic carbocycles. The van der Waals surface area contributed by atoms with Crippen molar-refractivity contribution in [1.29, 1.82) is 0 Å². The van der Waals surface area contributed by atoms with Crippen LogP contribution in [-0.4, -0.2) is 42.2 Å². The van der Waals surface area contributed by atoms with Crippen LogP contribution >= 0.6 is 11.3 Å². The molecule has 0 saturated carbocycles. The fraction of sp³-hybridized carbons (Fsp3) is 0.636. The molecule has 3 rings (SSSR count). The molecule has 0 radical (unpaired) electrons. The molecule has 5 nitrogen and oxygen atoms in total. The molecule has 2 heterocycles. The molecule has 0 bridgehead atoms. The molecule has 1 aromatic heterocycles. The van der Waals surface area contributed by atoms with Gasteiger partial charge in [-0.15, -0.1) is 11.3 Å². The molecule has 17 heavy (non-hydrogen) atoms. The molecule has 0 unspecified atom stereocenters. The van der Waals surface area contributed by atoms with E-state index in [2.05, 4.69) is 10.3 Å². The summed E-state index contributed by atoms with van der Waals surface area (Å²) >= 11 is 1.61. The van der Waals surface area contributed by atoms with E-state index in [0.717, 1.165) is 18.0 Å². The van der Waals surface area contributed by atoms with Gasteiger partial charge in [-0.05, 0) is 19.3 Å². The molecule has 1 aliphatic heterocycles. The fourth-order valence-corrected chi connectivity index (χ4v) is 3.22. The number of fused-ring (bicyclic) bond motifs is 1. The lowest BCUT2D eigenvalue weighted by molar-refractivity contribution is 0.0564. The Morgan fingerprint density at radius 1 is 1.35 bits per heavy atom. The van der Waals surface area contributed by atoms with Crippen molar-refractivity contribution in [3.8, 4) is 0 Å². The van der Waals surface area contributed by atoms with Crippen molar-refractivity contribution in [1.82, 2.24) is 9.88 Å². The van der Waals surface area contributed by atoms with Crippen molar-refractivity contribution in [2.75, 3.05) is 31.6 Å². The van der Waals surface area contributed by atoms with Gasteiger partial charge in [0.25, 0.3) is 0 Å². The number of nitrogens with one attached hydrogen (secondary N) is 1. The second kappa shape index (κ2) is 4.62. The number of thiazole rings is 1. The number of carbonyl (C=O) groups excluding carboxylic acids is 1. The minimum absolute atomic E-state index is 0.0549. The number of anilines is 1. The van der Waals surface area contributed by atoms with Gasteiger partial charge >= 0.3 is 6.03 Å². The molecule has 1 saturated heterocycles. The molecule has 0 spiro atoms. The number of rotatable bonds is 1. The number of ether oxygens (including phenoxy) is 1. The molecule has 1 N–H and O–H groups in total. The van der Waals surface area contributed by atoms with E-state index in [0.29, 0.717) is 26.3 Å². The third kappa shape index (κ3) is 2.28. The highest BCUT2D eigenvalue weighted by atomic mass is 32.1. The smallest absolute Gasteiger partial charge is 0.323 e. The number of hydrogen-bond acceptors (Lipinski definition) is 4. The summed E-state index contributed by atoms with van der Waals surface area (Å²) in [6, 6.07) is -0.0549. The highest BCUT2D eigenvalue weighted by Gasteiger charge is 2.21. The Labute approximate surface area is 104 Å². The lowest BCUT2D eigenvalue weighted by Crippen LogP contribution is -2.43. The summed E-state index contributed by atoms with van der Waals surface area (Å²) in [5.41, 5.74) is 1.17. The summed E-state index contributed by atoms with van der Waals surface area (Å²) in [4.78, 5) is 19.5. The van der Waals surface area contributed by atoms with Crippen LogP contribution < -0.4 is 5.32 Å². The second-order valence-corrected chi connectivity index (χ2v) is 5.36. The molecular weight excluding hydrogens is 238 g/mol. The summed E-state index contributed by atoms with van der Waals surface area (Å²) in [7, 11) is 0. The van der Waals surface area contributed by atoms with Crippen LogP contribution in [0.4, 0.5) is 9.93 Å². The van der Waals surface area contributed by atoms with Gasteiger partial charge in [0.1, 0.15) is 0 Å². The van der Waals surface area contributed by atoms with E-state index in [1.54, 1.807) is 16.2 Å². The van der Waals surface area contributed by atoms with E-state index < -0.39 is 0 Å². The zero-order valence-corrected chi connectivity index (χ0v) is 10.4. The van der Waals surface area contributed by atoms with Crippen LogP contribution in [-0.2, 0) is 17.6 Å². The van der Waals surface area contributed by atoms with Crippen molar-refractivity contribution in [3.63, 3.8) is 0 Å². The minimum Gasteiger partial charge on any atom is -0.378 e. The Balaban J connectivity index is 1.63. The molecule has 0 atom stereocenters. The van der Waals surface area contributed by atoms with E-state index in [4.69, 9.17) is 4.74 Å². The summed E-state index contributed by atoms with van der Waals surface area (Å²) in [5.74, 6) is 0. The SMILES string of the molecule is O=C(Nc1nc2c(s1)CCC2)N1CCOCC1. The molecule has 0 aromatic carbocycles. The van der Waals surface area contributed by atoms with Crippen molar-refractivity contribution in [2.24, 2.45) is 0 Å². The third-order valence-corrected chi connectivity index (χ3v) is 4.18. The summed E-state index contributed by atoms with van der Waals surface area (Å²) < 4.78 is 5.22. The molecule has 92 valence electrons. The van der Waals surface area contributed by atoms with Crippen molar-refractivity contribution in [2.45, 2.75) is 19.3 Å². The van der Waals surface area contributed by atoms with Gasteiger partial charge in [0.2, 0.25) is 0 Å². The molecule has 1 fully saturated rings. The quantitative estimate of drug-likeness (QED) is 0.825. The van der Waals surface area contributed by atoms with Crippen LogP contribution in [0, 0.1) is 0 Å². The summed E-state index contributed by atoms with van der Waals surface area (Å²) in [6.45, 7) is 2.58. The van der Waals surface area contributed by atoms with Crippen LogP contribution in [0.1, 0.15) is 17.0 Å². The maximum atomic E-state index is 11.9. The van der Waals surface area contributed by atoms with Gasteiger partial charge in [0.15, 0.2) is 5.13 Å². The van der Waals surface area contributed by atoms with Gasteiger partial charge < -0.3 is 9.64 Å². The predicted molar refractivity (Wildman–Crippen MR) is 65.5 cm³/mol. The first-order valence-electron chi connectivity index (χ1n) is 5.95. The zero-order valence-electron chi connectivity index (χ0n) is 9.57. The molecule has 2 amide bonds. The van der Waals surface area contributed by atoms with Gasteiger partial charge in [0, 0.05) is 18.0 Å². The lowest BCUT2D eigenvalue weighted by atomic mass is 10.4. The van der Waals surface area contributed by atoms with Gasteiger partial charge in [-0.25, -0.2) is 9.78 Å². The zero-order chi connectivity index (χ0) is 11.7. The largest absolute Gasteiger partial charge is 0.378 e. The van der Waals surface area contributed by atoms with Crippen molar-refractivity contribution >= 4 is 22.5 Å². The van der Waals surface area contributed by atoms with E-state index in [-0.39, 0.29) is 6.03 Å². The van der Waals surface area contributed by atoms with Crippen LogP contribution in [0.3, 0.4) is 0 Å². The number of aryl methyl sites for hydroxylation is 2. The van der Waals surface area contributed by atoms with Gasteiger partial charge in [-0.1, -0.05) is 0 Å². The number of amides is 2. The van der Waals surface area contributed by atoms with Gasteiger partial charge in [0.05, 0.1) is 18.9 Å². The fourth-order valence-electron chi connectivity index (χ4n) is 2.18. The number of aromatic nitrogens is 1. The third-order valence-electron chi connectivity index (χ3n) is 3.11. The Morgan fingerprint density at radius 2 is 2.18 bits per heavy atom. The summed E-state index contributed by atoms with van der Waals surface area (Å²) in [5, 5.41) is 3.62. The van der Waals surface area contributed by atoms with Gasteiger partial charge in [-0.2, -0.15) is 0 Å². The lowest BCUT2D eigenvalue weighted by Gasteiger charge is -2.26. The maximum Gasteiger partial charge on any atom is 0.323 e. The average molecular weight is 253 g/mol. The normalized spacial score (nSPS) is 19.2. The number of nitrogens with zero attached hydrogens (tertiary/aromatic N) is 2. The van der Waals surface area contributed by atoms with Crippen LogP contribution in [0.25, 0.3) is 0 Å². The standard InChI is InChI=1S/C11H15N3O2S/c15-11(14-4-6-16-7-5-14)13-10-12-8-2-1-3-9(8)17-10/h1-7H2,(H,12,13,15). The molecular formula is C11H15N3O2S. The summed E-state index contributed by atoms with van der Waals surface area (Å²) in [6.07, 6.45) is 3.37. The van der Waals surface area contributed by atoms with E-state index >= 15 is 0 Å². The van der Waals surface area contributed by atoms with Crippen LogP contribution in [0.15, 0.2) is 0 Å². The molecule has 2 aliphatic rings. The Morgan fingerprint density at radius 3 is 2.94 bits per heavy atom. The molecule has 6 heteroatoms. The Hall–Kier alpha value is -1.14. The number of hydrogen-bond donors (Lipinski definition) is 1. The number of morpholine rings is 1. The predicted octanol–water partition coefficient (Wildman–Crippen LogP) is 1.50. The first kappa shape index (κ1) is 11.0. The highest BCUT2D eigenvalue weighted by Crippen LogP contribution is 2.30. The maximum absolute atomic E-state index is 11.9. The van der Waals surface area contributed by atoms with Crippen molar-refractivity contribution < 1.29 is 9.53 Å². The molecule has 1 aromatic rings. The van der Waals surface area contributed by atoms with E-state index in [9.17, 15) is 4.79 Å². The average Bonchev–Trinajstić information content (AvgIpc) is 2.90. The van der Waals surface area contributed by atoms with E-state index in [1.165, 1.54) is 17.0 Å². The number of carbonyl (C=O) groups is 1. The van der Waals surface area contributed by atoms with Crippen LogP contribution in [0.2, 0.25) is 0 Å². The topological polar surface area (TPSA) is 54.5 Å². The number of urea groups is 1. The van der Waals surface area contributed by atoms with Crippen molar-refractivity contribution in [3.05, 3.63) is 10.6 Å². The first-order valence-corrected chi connectivity index (χ1v) is 6.77. The van der Waals surface area contributed by atoms with E-state index in [1.807, 2.05) is 0 Å². The highest BCUT2D eigenvalue weighted by molar-refractivity contribution is 7.15. The first-order chi connectivity index (χ1) is 8.33. The second-order valence-electron chi connectivity index (χ2n) is 4.27. The van der Waals surface area contributed by atoms with Gasteiger partial charge in [-0.3, -0.25) is 5.32 Å². The Bertz CT molecular complexity index is 405. The van der Waals surface area contributed by atoms with Crippen LogP contribution in [0.5, 0.6) is 0 Å². The Kier molecular flexibility index (Phi) is 2.98. The monoisotopic (exact) mass is 253 g/mol. The minimum atomic E-state index is -0.0549.